The predicted octanol–water partition coefficient (Wildman–Crippen LogP) is 4.43. The molecular formula is C30H38N4O8. The van der Waals surface area contributed by atoms with E-state index in [0.29, 0.717) is 28.6 Å². The van der Waals surface area contributed by atoms with Crippen LogP contribution in [0.4, 0.5) is 11.5 Å². The van der Waals surface area contributed by atoms with Crippen molar-refractivity contribution in [1.29, 1.82) is 0 Å². The van der Waals surface area contributed by atoms with Crippen molar-refractivity contribution in [2.45, 2.75) is 52.1 Å². The van der Waals surface area contributed by atoms with E-state index in [4.69, 9.17) is 23.5 Å². The second-order valence-electron chi connectivity index (χ2n) is 10.4. The first kappa shape index (κ1) is 31.8. The lowest BCUT2D eigenvalue weighted by Crippen LogP contribution is -2.49. The summed E-state index contributed by atoms with van der Waals surface area (Å²) in [7, 11) is 5.88. The van der Waals surface area contributed by atoms with Crippen LogP contribution >= 0.6 is 0 Å². The number of hydrogen-bond donors (Lipinski definition) is 2. The molecule has 3 rings (SSSR count). The second-order valence-corrected chi connectivity index (χ2v) is 10.4. The van der Waals surface area contributed by atoms with Gasteiger partial charge in [0.1, 0.15) is 23.3 Å². The van der Waals surface area contributed by atoms with Gasteiger partial charge >= 0.3 is 0 Å². The highest BCUT2D eigenvalue weighted by Crippen LogP contribution is 2.43. The summed E-state index contributed by atoms with van der Waals surface area (Å²) in [5.74, 6) is 0.657. The number of ether oxygens (including phenoxy) is 4. The summed E-state index contributed by atoms with van der Waals surface area (Å²) in [6, 6.07) is 10.3. The summed E-state index contributed by atoms with van der Waals surface area (Å²) in [6.45, 7) is 7.19. The molecule has 0 aliphatic heterocycles. The Morgan fingerprint density at radius 2 is 1.64 bits per heavy atom. The van der Waals surface area contributed by atoms with Crippen molar-refractivity contribution in [3.05, 3.63) is 53.8 Å². The van der Waals surface area contributed by atoms with Gasteiger partial charge in [-0.3, -0.25) is 19.3 Å². The van der Waals surface area contributed by atoms with Crippen molar-refractivity contribution >= 4 is 29.2 Å². The number of aryl methyl sites for hydroxylation is 1. The number of anilines is 2. The van der Waals surface area contributed by atoms with Crippen molar-refractivity contribution in [1.82, 2.24) is 10.5 Å². The van der Waals surface area contributed by atoms with Crippen LogP contribution in [-0.2, 0) is 14.4 Å². The third-order valence-electron chi connectivity index (χ3n) is 6.11. The first-order valence-electron chi connectivity index (χ1n) is 13.2. The molecule has 0 saturated heterocycles. The minimum Gasteiger partial charge on any atom is -0.497 e. The molecule has 0 spiro atoms. The fraction of sp³-hybridized carbons (Fsp3) is 0.400. The van der Waals surface area contributed by atoms with E-state index < -0.39 is 29.3 Å². The molecule has 0 fully saturated rings. The average Bonchev–Trinajstić information content (AvgIpc) is 3.36. The highest BCUT2D eigenvalue weighted by molar-refractivity contribution is 6.04. The van der Waals surface area contributed by atoms with Gasteiger partial charge < -0.3 is 34.1 Å². The third-order valence-corrected chi connectivity index (χ3v) is 6.11. The molecular weight excluding hydrogens is 544 g/mol. The Labute approximate surface area is 245 Å². The monoisotopic (exact) mass is 582 g/mol. The Kier molecular flexibility index (Phi) is 10.4. The van der Waals surface area contributed by atoms with Crippen molar-refractivity contribution < 1.29 is 37.9 Å². The van der Waals surface area contributed by atoms with Gasteiger partial charge in [0.25, 0.3) is 0 Å². The lowest BCUT2D eigenvalue weighted by molar-refractivity contribution is -0.128. The van der Waals surface area contributed by atoms with E-state index in [2.05, 4.69) is 15.8 Å². The van der Waals surface area contributed by atoms with E-state index in [1.54, 1.807) is 49.4 Å². The van der Waals surface area contributed by atoms with Gasteiger partial charge in [-0.25, -0.2) is 0 Å². The van der Waals surface area contributed by atoms with Crippen LogP contribution in [0.1, 0.15) is 51.0 Å². The first-order chi connectivity index (χ1) is 19.9. The molecule has 2 aromatic carbocycles. The third kappa shape index (κ3) is 7.71. The lowest BCUT2D eigenvalue weighted by atomic mass is 9.98. The fourth-order valence-corrected chi connectivity index (χ4v) is 4.34. The Balaban J connectivity index is 2.17. The standard InChI is InChI=1S/C30H38N4O8/c1-18-16-24(33-42-18)31-25(35)14-15-26(36)34(21-17-19(38-5)12-13-22(21)39-6)27(29(37)32-30(2,3)4)20-10-9-11-23(40-7)28(20)41-8/h9-13,16-17,27H,14-15H2,1-8H3,(H,32,37)(H,31,33,35). The summed E-state index contributed by atoms with van der Waals surface area (Å²) in [5, 5.41) is 9.35. The van der Waals surface area contributed by atoms with Crippen molar-refractivity contribution in [3.63, 3.8) is 0 Å². The van der Waals surface area contributed by atoms with E-state index in [0.717, 1.165) is 0 Å². The molecule has 0 bridgehead atoms. The van der Waals surface area contributed by atoms with Crippen LogP contribution in [0.15, 0.2) is 47.0 Å². The van der Waals surface area contributed by atoms with E-state index >= 15 is 0 Å². The number of nitrogens with zero attached hydrogens (tertiary/aromatic N) is 2. The van der Waals surface area contributed by atoms with Crippen molar-refractivity contribution in [2.24, 2.45) is 0 Å². The van der Waals surface area contributed by atoms with Crippen LogP contribution in [-0.4, -0.2) is 56.9 Å². The average molecular weight is 583 g/mol. The maximum Gasteiger partial charge on any atom is 0.248 e. The Hall–Kier alpha value is -4.74. The number of nitrogens with one attached hydrogen (secondary N) is 2. The number of methoxy groups -OCH3 is 4. The molecule has 2 N–H and O–H groups in total. The molecule has 0 radical (unpaired) electrons. The zero-order chi connectivity index (χ0) is 31.0. The zero-order valence-corrected chi connectivity index (χ0v) is 25.2. The number of benzene rings is 2. The minimum atomic E-state index is -1.26. The molecule has 3 amide bonds. The highest BCUT2D eigenvalue weighted by atomic mass is 16.5. The van der Waals surface area contributed by atoms with E-state index in [1.165, 1.54) is 33.3 Å². The molecule has 0 saturated carbocycles. The molecule has 12 heteroatoms. The van der Waals surface area contributed by atoms with Gasteiger partial charge in [-0.15, -0.1) is 0 Å². The van der Waals surface area contributed by atoms with Crippen LogP contribution in [0, 0.1) is 6.92 Å². The molecule has 3 aromatic rings. The summed E-state index contributed by atoms with van der Waals surface area (Å²) in [6.07, 6.45) is -0.453. The van der Waals surface area contributed by atoms with Gasteiger partial charge in [0, 0.05) is 36.1 Å². The van der Waals surface area contributed by atoms with Crippen LogP contribution < -0.4 is 34.5 Å². The summed E-state index contributed by atoms with van der Waals surface area (Å²) in [5.41, 5.74) is -0.0304. The maximum absolute atomic E-state index is 14.2. The van der Waals surface area contributed by atoms with Gasteiger partial charge in [0.15, 0.2) is 17.3 Å². The quantitative estimate of drug-likeness (QED) is 0.317. The van der Waals surface area contributed by atoms with E-state index in [-0.39, 0.29) is 30.1 Å². The van der Waals surface area contributed by atoms with Gasteiger partial charge in [0.2, 0.25) is 17.7 Å². The van der Waals surface area contributed by atoms with Crippen molar-refractivity contribution in [2.75, 3.05) is 38.7 Å². The number of aromatic nitrogens is 1. The Morgan fingerprint density at radius 1 is 0.929 bits per heavy atom. The largest absolute Gasteiger partial charge is 0.497 e. The number of carbonyl (C=O) groups excluding carboxylic acids is 3. The Morgan fingerprint density at radius 3 is 2.21 bits per heavy atom. The van der Waals surface area contributed by atoms with Crippen LogP contribution in [0.5, 0.6) is 23.0 Å². The van der Waals surface area contributed by atoms with E-state index in [1.807, 2.05) is 20.8 Å². The number of para-hydroxylation sites is 1. The normalized spacial score (nSPS) is 11.7. The summed E-state index contributed by atoms with van der Waals surface area (Å²) >= 11 is 0. The predicted molar refractivity (Wildman–Crippen MR) is 156 cm³/mol. The smallest absolute Gasteiger partial charge is 0.248 e. The molecule has 0 aliphatic carbocycles. The van der Waals surface area contributed by atoms with Gasteiger partial charge in [0.05, 0.1) is 34.1 Å². The molecule has 12 nitrogen and oxygen atoms in total. The second kappa shape index (κ2) is 13.7. The Bertz CT molecular complexity index is 1410. The minimum absolute atomic E-state index is 0.198. The molecule has 226 valence electrons. The number of carbonyl (C=O) groups is 3. The number of rotatable bonds is 12. The molecule has 0 aliphatic rings. The number of amides is 3. The number of hydrogen-bond acceptors (Lipinski definition) is 9. The van der Waals surface area contributed by atoms with Gasteiger partial charge in [-0.1, -0.05) is 17.3 Å². The van der Waals surface area contributed by atoms with Crippen LogP contribution in [0.3, 0.4) is 0 Å². The van der Waals surface area contributed by atoms with Gasteiger partial charge in [-0.05, 0) is 45.9 Å². The molecule has 1 heterocycles. The summed E-state index contributed by atoms with van der Waals surface area (Å²) < 4.78 is 27.2. The zero-order valence-electron chi connectivity index (χ0n) is 25.2. The molecule has 42 heavy (non-hydrogen) atoms. The topological polar surface area (TPSA) is 141 Å². The maximum atomic E-state index is 14.2. The fourth-order valence-electron chi connectivity index (χ4n) is 4.34. The van der Waals surface area contributed by atoms with Crippen LogP contribution in [0.25, 0.3) is 0 Å². The van der Waals surface area contributed by atoms with Crippen molar-refractivity contribution in [3.8, 4) is 23.0 Å². The molecule has 1 unspecified atom stereocenters. The van der Waals surface area contributed by atoms with E-state index in [9.17, 15) is 14.4 Å². The SMILES string of the molecule is COc1ccc(OC)c(N(C(=O)CCC(=O)Nc2cc(C)on2)C(C(=O)NC(C)(C)C)c2cccc(OC)c2OC)c1. The molecule has 1 aromatic heterocycles. The summed E-state index contributed by atoms with van der Waals surface area (Å²) in [4.78, 5) is 42.3. The first-order valence-corrected chi connectivity index (χ1v) is 13.2. The highest BCUT2D eigenvalue weighted by Gasteiger charge is 2.38. The van der Waals surface area contributed by atoms with Gasteiger partial charge in [-0.2, -0.15) is 0 Å². The molecule has 1 atom stereocenters. The lowest BCUT2D eigenvalue weighted by Gasteiger charge is -2.35. The van der Waals surface area contributed by atoms with Crippen LogP contribution in [0.2, 0.25) is 0 Å².